The van der Waals surface area contributed by atoms with E-state index >= 15 is 0 Å². The lowest BCUT2D eigenvalue weighted by molar-refractivity contribution is -0.123. The smallest absolute Gasteiger partial charge is 0.234 e. The molecular weight excluding hydrogens is 300 g/mol. The molecule has 3 heterocycles. The first-order valence-corrected chi connectivity index (χ1v) is 9.04. The van der Waals surface area contributed by atoms with Gasteiger partial charge in [0.15, 0.2) is 0 Å². The molecule has 1 aliphatic rings. The van der Waals surface area contributed by atoms with Crippen LogP contribution in [0.25, 0.3) is 0 Å². The van der Waals surface area contributed by atoms with E-state index in [2.05, 4.69) is 39.2 Å². The number of nitrogens with one attached hydrogen (secondary N) is 1. The molecule has 5 heteroatoms. The van der Waals surface area contributed by atoms with Crippen LogP contribution in [0.4, 0.5) is 0 Å². The van der Waals surface area contributed by atoms with Crippen molar-refractivity contribution in [1.29, 1.82) is 0 Å². The van der Waals surface area contributed by atoms with E-state index in [9.17, 15) is 4.79 Å². The Morgan fingerprint density at radius 3 is 2.95 bits per heavy atom. The normalized spacial score (nSPS) is 18.7. The summed E-state index contributed by atoms with van der Waals surface area (Å²) in [5, 5.41) is 7.28. The quantitative estimate of drug-likeness (QED) is 0.937. The van der Waals surface area contributed by atoms with E-state index in [4.69, 9.17) is 0 Å². The van der Waals surface area contributed by atoms with Gasteiger partial charge in [0.1, 0.15) is 0 Å². The topological polar surface area (TPSA) is 32.3 Å². The summed E-state index contributed by atoms with van der Waals surface area (Å²) in [4.78, 5) is 17.2. The van der Waals surface area contributed by atoms with Gasteiger partial charge in [-0.1, -0.05) is 6.07 Å². The molecule has 0 bridgehead atoms. The Balaban J connectivity index is 1.84. The molecule has 0 saturated heterocycles. The molecule has 0 unspecified atom stereocenters. The second-order valence-corrected chi connectivity index (χ2v) is 7.64. The highest BCUT2D eigenvalue weighted by atomic mass is 32.1. The molecule has 0 saturated carbocycles. The highest BCUT2D eigenvalue weighted by Gasteiger charge is 2.31. The fraction of sp³-hybridized carbons (Fsp3) is 0.438. The number of hydrogen-bond acceptors (Lipinski definition) is 4. The van der Waals surface area contributed by atoms with Gasteiger partial charge in [0, 0.05) is 22.3 Å². The molecule has 21 heavy (non-hydrogen) atoms. The second kappa shape index (κ2) is 6.30. The van der Waals surface area contributed by atoms with Gasteiger partial charge in [-0.25, -0.2) is 0 Å². The van der Waals surface area contributed by atoms with E-state index < -0.39 is 0 Å². The molecule has 1 N–H and O–H groups in total. The summed E-state index contributed by atoms with van der Waals surface area (Å²) < 4.78 is 0. The Labute approximate surface area is 133 Å². The molecular formula is C16H20N2OS2. The maximum absolute atomic E-state index is 12.1. The molecule has 3 nitrogen and oxygen atoms in total. The average molecular weight is 320 g/mol. The molecule has 1 aliphatic heterocycles. The van der Waals surface area contributed by atoms with Crippen LogP contribution in [0, 0.1) is 0 Å². The zero-order valence-corrected chi connectivity index (χ0v) is 14.0. The fourth-order valence-electron chi connectivity index (χ4n) is 2.87. The third kappa shape index (κ3) is 3.20. The lowest BCUT2D eigenvalue weighted by atomic mass is 9.98. The maximum Gasteiger partial charge on any atom is 0.234 e. The van der Waals surface area contributed by atoms with Crippen LogP contribution >= 0.6 is 22.7 Å². The van der Waals surface area contributed by atoms with Crippen LogP contribution in [0.5, 0.6) is 0 Å². The van der Waals surface area contributed by atoms with Crippen molar-refractivity contribution in [3.63, 3.8) is 0 Å². The van der Waals surface area contributed by atoms with E-state index in [1.807, 2.05) is 25.2 Å². The summed E-state index contributed by atoms with van der Waals surface area (Å²) in [6.07, 6.45) is 1.05. The lowest BCUT2D eigenvalue weighted by Gasteiger charge is -2.35. The number of rotatable bonds is 4. The number of nitrogens with zero attached hydrogens (tertiary/aromatic N) is 1. The van der Waals surface area contributed by atoms with Crippen LogP contribution in [0.3, 0.4) is 0 Å². The standard InChI is InChI=1S/C16H20N2OS2/c1-11(2)17-15(19)10-18-7-5-13-12(6-9-21-13)16(18)14-4-3-8-20-14/h3-4,6,8-9,11,16H,5,7,10H2,1-2H3,(H,17,19)/t16-/m1/s1. The number of hydrogen-bond donors (Lipinski definition) is 1. The number of carbonyl (C=O) groups excluding carboxylic acids is 1. The third-order valence-corrected chi connectivity index (χ3v) is 5.60. The molecule has 0 radical (unpaired) electrons. The van der Waals surface area contributed by atoms with Crippen molar-refractivity contribution >= 4 is 28.6 Å². The first-order valence-electron chi connectivity index (χ1n) is 7.28. The largest absolute Gasteiger partial charge is 0.353 e. The highest BCUT2D eigenvalue weighted by molar-refractivity contribution is 7.10. The molecule has 0 spiro atoms. The fourth-order valence-corrected chi connectivity index (χ4v) is 4.65. The third-order valence-electron chi connectivity index (χ3n) is 3.67. The van der Waals surface area contributed by atoms with Gasteiger partial charge in [0.05, 0.1) is 12.6 Å². The van der Waals surface area contributed by atoms with Gasteiger partial charge in [-0.05, 0) is 48.7 Å². The summed E-state index contributed by atoms with van der Waals surface area (Å²) in [6, 6.07) is 6.91. The molecule has 2 aromatic heterocycles. The number of carbonyl (C=O) groups is 1. The van der Waals surface area contributed by atoms with Crippen LogP contribution < -0.4 is 5.32 Å². The van der Waals surface area contributed by atoms with Gasteiger partial charge in [0.2, 0.25) is 5.91 Å². The maximum atomic E-state index is 12.1. The van der Waals surface area contributed by atoms with E-state index in [1.165, 1.54) is 15.3 Å². The molecule has 2 aromatic rings. The number of amides is 1. The van der Waals surface area contributed by atoms with Crippen LogP contribution in [0.2, 0.25) is 0 Å². The highest BCUT2D eigenvalue weighted by Crippen LogP contribution is 2.39. The van der Waals surface area contributed by atoms with Gasteiger partial charge in [0.25, 0.3) is 0 Å². The zero-order valence-electron chi connectivity index (χ0n) is 12.3. The summed E-state index contributed by atoms with van der Waals surface area (Å²) in [7, 11) is 0. The van der Waals surface area contributed by atoms with Crippen molar-refractivity contribution in [2.24, 2.45) is 0 Å². The van der Waals surface area contributed by atoms with Gasteiger partial charge < -0.3 is 5.32 Å². The van der Waals surface area contributed by atoms with Crippen LogP contribution in [0.1, 0.15) is 35.2 Å². The van der Waals surface area contributed by atoms with E-state index in [-0.39, 0.29) is 18.0 Å². The van der Waals surface area contributed by atoms with Crippen molar-refractivity contribution < 1.29 is 4.79 Å². The Morgan fingerprint density at radius 2 is 2.24 bits per heavy atom. The van der Waals surface area contributed by atoms with Gasteiger partial charge in [-0.15, -0.1) is 22.7 Å². The molecule has 3 rings (SSSR count). The van der Waals surface area contributed by atoms with Gasteiger partial charge in [-0.3, -0.25) is 9.69 Å². The van der Waals surface area contributed by atoms with Gasteiger partial charge in [-0.2, -0.15) is 0 Å². The van der Waals surface area contributed by atoms with E-state index in [0.29, 0.717) is 6.54 Å². The average Bonchev–Trinajstić information content (AvgIpc) is 3.07. The predicted molar refractivity (Wildman–Crippen MR) is 89.0 cm³/mol. The van der Waals surface area contributed by atoms with E-state index in [0.717, 1.165) is 13.0 Å². The van der Waals surface area contributed by atoms with Crippen molar-refractivity contribution in [2.45, 2.75) is 32.4 Å². The van der Waals surface area contributed by atoms with Crippen LogP contribution in [0.15, 0.2) is 29.0 Å². The zero-order chi connectivity index (χ0) is 14.8. The lowest BCUT2D eigenvalue weighted by Crippen LogP contribution is -2.44. The summed E-state index contributed by atoms with van der Waals surface area (Å²) in [5.74, 6) is 0.116. The first kappa shape index (κ1) is 14.8. The molecule has 0 aromatic carbocycles. The molecule has 0 fully saturated rings. The van der Waals surface area contributed by atoms with Crippen LogP contribution in [-0.2, 0) is 11.2 Å². The minimum absolute atomic E-state index is 0.116. The minimum Gasteiger partial charge on any atom is -0.353 e. The Bertz CT molecular complexity index is 604. The Morgan fingerprint density at radius 1 is 1.38 bits per heavy atom. The van der Waals surface area contributed by atoms with E-state index in [1.54, 1.807) is 11.3 Å². The minimum atomic E-state index is 0.116. The SMILES string of the molecule is CC(C)NC(=O)CN1CCc2sccc2[C@@H]1c1cccs1. The van der Waals surface area contributed by atoms with Crippen molar-refractivity contribution in [2.75, 3.05) is 13.1 Å². The monoisotopic (exact) mass is 320 g/mol. The van der Waals surface area contributed by atoms with Crippen LogP contribution in [-0.4, -0.2) is 29.9 Å². The molecule has 112 valence electrons. The molecule has 1 atom stereocenters. The molecule has 0 aliphatic carbocycles. The summed E-state index contributed by atoms with van der Waals surface area (Å²) in [5.41, 5.74) is 1.38. The second-order valence-electron chi connectivity index (χ2n) is 5.66. The predicted octanol–water partition coefficient (Wildman–Crippen LogP) is 3.28. The summed E-state index contributed by atoms with van der Waals surface area (Å²) >= 11 is 3.61. The molecule has 1 amide bonds. The van der Waals surface area contributed by atoms with Crippen molar-refractivity contribution in [3.8, 4) is 0 Å². The first-order chi connectivity index (χ1) is 10.1. The Kier molecular flexibility index (Phi) is 4.42. The van der Waals surface area contributed by atoms with Gasteiger partial charge >= 0.3 is 0 Å². The summed E-state index contributed by atoms with van der Waals surface area (Å²) in [6.45, 7) is 5.42. The number of fused-ring (bicyclic) bond motifs is 1. The van der Waals surface area contributed by atoms with Crippen molar-refractivity contribution in [1.82, 2.24) is 10.2 Å². The Hall–Kier alpha value is -1.17. The van der Waals surface area contributed by atoms with Crippen molar-refractivity contribution in [3.05, 3.63) is 44.3 Å². The number of thiophene rings is 2.